The first-order valence-electron chi connectivity index (χ1n) is 14.1. The van der Waals surface area contributed by atoms with Gasteiger partial charge in [0.25, 0.3) is 8.32 Å². The maximum absolute atomic E-state index is 12.6. The number of amides is 1. The highest BCUT2D eigenvalue weighted by molar-refractivity contribution is 6.99. The molecule has 7 heteroatoms. The van der Waals surface area contributed by atoms with Gasteiger partial charge in [-0.25, -0.2) is 4.79 Å². The van der Waals surface area contributed by atoms with Crippen molar-refractivity contribution in [1.82, 2.24) is 5.32 Å². The molecule has 0 spiro atoms. The van der Waals surface area contributed by atoms with Crippen LogP contribution < -0.4 is 15.7 Å². The minimum atomic E-state index is -2.61. The van der Waals surface area contributed by atoms with E-state index in [4.69, 9.17) is 18.6 Å². The molecule has 3 aromatic carbocycles. The Morgan fingerprint density at radius 3 is 2.02 bits per heavy atom. The second-order valence-corrected chi connectivity index (χ2v) is 16.1. The highest BCUT2D eigenvalue weighted by Crippen LogP contribution is 2.37. The Labute approximate surface area is 240 Å². The van der Waals surface area contributed by atoms with Gasteiger partial charge in [-0.05, 0) is 47.7 Å². The van der Waals surface area contributed by atoms with Crippen molar-refractivity contribution in [2.24, 2.45) is 0 Å². The zero-order chi connectivity index (χ0) is 28.6. The highest BCUT2D eigenvalue weighted by atomic mass is 28.4. The molecule has 3 aromatic rings. The molecule has 214 valence electrons. The van der Waals surface area contributed by atoms with Gasteiger partial charge in [0.2, 0.25) is 0 Å². The molecular formula is C33H43NO5Si. The van der Waals surface area contributed by atoms with E-state index in [1.807, 2.05) is 44.2 Å². The van der Waals surface area contributed by atoms with Gasteiger partial charge in [0.15, 0.2) is 5.79 Å². The first-order chi connectivity index (χ1) is 19.1. The fraction of sp³-hybridized carbons (Fsp3) is 0.424. The van der Waals surface area contributed by atoms with E-state index in [9.17, 15) is 4.79 Å². The molecule has 0 unspecified atom stereocenters. The van der Waals surface area contributed by atoms with Crippen LogP contribution in [0.4, 0.5) is 4.79 Å². The molecule has 0 bridgehead atoms. The molecule has 1 fully saturated rings. The molecular weight excluding hydrogens is 518 g/mol. The van der Waals surface area contributed by atoms with Gasteiger partial charge in [-0.2, -0.15) is 0 Å². The zero-order valence-corrected chi connectivity index (χ0v) is 25.4. The topological polar surface area (TPSA) is 66.0 Å². The summed E-state index contributed by atoms with van der Waals surface area (Å²) in [4.78, 5) is 12.6. The molecule has 0 radical (unpaired) electrons. The number of hydrogen-bond acceptors (Lipinski definition) is 5. The Kier molecular flexibility index (Phi) is 9.84. The minimum Gasteiger partial charge on any atom is -0.445 e. The van der Waals surface area contributed by atoms with Gasteiger partial charge in [-0.1, -0.05) is 112 Å². The van der Waals surface area contributed by atoms with Crippen molar-refractivity contribution in [3.05, 3.63) is 96.6 Å². The van der Waals surface area contributed by atoms with Crippen LogP contribution in [-0.4, -0.2) is 45.6 Å². The predicted molar refractivity (Wildman–Crippen MR) is 161 cm³/mol. The Balaban J connectivity index is 1.43. The number of carbonyl (C=O) groups excluding carboxylic acids is 1. The Morgan fingerprint density at radius 2 is 1.48 bits per heavy atom. The number of benzene rings is 3. The van der Waals surface area contributed by atoms with Gasteiger partial charge in [-0.15, -0.1) is 0 Å². The predicted octanol–water partition coefficient (Wildman–Crippen LogP) is 5.79. The highest BCUT2D eigenvalue weighted by Gasteiger charge is 2.50. The van der Waals surface area contributed by atoms with Crippen LogP contribution in [0.15, 0.2) is 91.0 Å². The summed E-state index contributed by atoms with van der Waals surface area (Å²) in [6.45, 7) is 11.8. The van der Waals surface area contributed by atoms with E-state index < -0.39 is 20.2 Å². The van der Waals surface area contributed by atoms with Crippen molar-refractivity contribution in [3.8, 4) is 0 Å². The lowest BCUT2D eigenvalue weighted by atomic mass is 10.0. The molecule has 0 aliphatic carbocycles. The van der Waals surface area contributed by atoms with Crippen LogP contribution in [0.2, 0.25) is 5.04 Å². The second-order valence-electron chi connectivity index (χ2n) is 11.8. The molecule has 1 amide bonds. The van der Waals surface area contributed by atoms with Crippen molar-refractivity contribution in [2.45, 2.75) is 77.0 Å². The lowest BCUT2D eigenvalue weighted by molar-refractivity contribution is -0.282. The van der Waals surface area contributed by atoms with Crippen LogP contribution in [0, 0.1) is 0 Å². The van der Waals surface area contributed by atoms with E-state index in [0.717, 1.165) is 12.0 Å². The van der Waals surface area contributed by atoms with Crippen LogP contribution in [0.1, 0.15) is 53.0 Å². The van der Waals surface area contributed by atoms with Crippen LogP contribution in [-0.2, 0) is 25.2 Å². The Bertz CT molecular complexity index is 1160. The van der Waals surface area contributed by atoms with E-state index in [0.29, 0.717) is 19.6 Å². The quantitative estimate of drug-likeness (QED) is 0.251. The number of nitrogens with one attached hydrogen (secondary N) is 1. The van der Waals surface area contributed by atoms with Crippen LogP contribution in [0.3, 0.4) is 0 Å². The second kappa shape index (κ2) is 13.1. The van der Waals surface area contributed by atoms with Gasteiger partial charge >= 0.3 is 6.09 Å². The fourth-order valence-electron chi connectivity index (χ4n) is 5.46. The molecule has 1 saturated heterocycles. The van der Waals surface area contributed by atoms with Gasteiger partial charge < -0.3 is 24.0 Å². The van der Waals surface area contributed by atoms with Crippen molar-refractivity contribution in [2.75, 3.05) is 13.2 Å². The zero-order valence-electron chi connectivity index (χ0n) is 24.4. The van der Waals surface area contributed by atoms with Gasteiger partial charge in [-0.3, -0.25) is 0 Å². The number of carbonyl (C=O) groups is 1. The minimum absolute atomic E-state index is 0.0839. The Morgan fingerprint density at radius 1 is 0.925 bits per heavy atom. The van der Waals surface area contributed by atoms with Crippen molar-refractivity contribution in [3.63, 3.8) is 0 Å². The number of ether oxygens (including phenoxy) is 3. The number of rotatable bonds is 10. The van der Waals surface area contributed by atoms with E-state index >= 15 is 0 Å². The molecule has 1 heterocycles. The van der Waals surface area contributed by atoms with E-state index in [1.165, 1.54) is 10.4 Å². The van der Waals surface area contributed by atoms with E-state index in [-0.39, 0.29) is 23.8 Å². The van der Waals surface area contributed by atoms with Crippen LogP contribution in [0.5, 0.6) is 0 Å². The average Bonchev–Trinajstić information content (AvgIpc) is 2.94. The smallest absolute Gasteiger partial charge is 0.407 e. The van der Waals surface area contributed by atoms with Crippen LogP contribution >= 0.6 is 0 Å². The third kappa shape index (κ3) is 7.40. The molecule has 0 saturated carbocycles. The standard InChI is InChI=1S/C33H43NO5Si/c1-32(2,3)40(27-18-11-7-12-19-27,28-20-13-8-14-21-28)38-23-15-22-30-29(25-37-33(4,5)39-30)34-31(35)36-24-26-16-9-6-10-17-26/h6-14,16-21,29-30H,15,22-25H2,1-5H3,(H,34,35)/t29-,30+/m1/s1. The summed E-state index contributed by atoms with van der Waals surface area (Å²) in [5.74, 6) is -0.727. The summed E-state index contributed by atoms with van der Waals surface area (Å²) in [6, 6.07) is 30.6. The summed E-state index contributed by atoms with van der Waals surface area (Å²) in [5, 5.41) is 5.41. The molecule has 2 atom stereocenters. The first-order valence-corrected chi connectivity index (χ1v) is 16.1. The third-order valence-corrected chi connectivity index (χ3v) is 12.4. The molecule has 0 aromatic heterocycles. The van der Waals surface area contributed by atoms with Crippen molar-refractivity contribution in [1.29, 1.82) is 0 Å². The molecule has 1 aliphatic rings. The van der Waals surface area contributed by atoms with Crippen molar-refractivity contribution < 1.29 is 23.4 Å². The number of hydrogen-bond donors (Lipinski definition) is 1. The molecule has 4 rings (SSSR count). The van der Waals surface area contributed by atoms with E-state index in [1.54, 1.807) is 0 Å². The van der Waals surface area contributed by atoms with Crippen molar-refractivity contribution >= 4 is 24.8 Å². The number of alkyl carbamates (subject to hydrolysis) is 1. The van der Waals surface area contributed by atoms with Crippen LogP contribution in [0.25, 0.3) is 0 Å². The van der Waals surface area contributed by atoms with Gasteiger partial charge in [0.1, 0.15) is 6.61 Å². The first kappa shape index (κ1) is 30.0. The molecule has 1 N–H and O–H groups in total. The van der Waals surface area contributed by atoms with Gasteiger partial charge in [0.05, 0.1) is 18.8 Å². The largest absolute Gasteiger partial charge is 0.445 e. The summed E-state index contributed by atoms with van der Waals surface area (Å²) >= 11 is 0. The third-order valence-electron chi connectivity index (χ3n) is 7.38. The monoisotopic (exact) mass is 561 g/mol. The summed E-state index contributed by atoms with van der Waals surface area (Å²) in [5.41, 5.74) is 0.937. The normalized spacial score (nSPS) is 19.1. The molecule has 6 nitrogen and oxygen atoms in total. The summed E-state index contributed by atoms with van der Waals surface area (Å²) < 4.78 is 24.7. The summed E-state index contributed by atoms with van der Waals surface area (Å²) in [7, 11) is -2.61. The maximum atomic E-state index is 12.6. The van der Waals surface area contributed by atoms with E-state index in [2.05, 4.69) is 86.8 Å². The Hall–Kier alpha value is -2.97. The maximum Gasteiger partial charge on any atom is 0.407 e. The molecule has 40 heavy (non-hydrogen) atoms. The lowest BCUT2D eigenvalue weighted by Crippen LogP contribution is -2.66. The fourth-order valence-corrected chi connectivity index (χ4v) is 10.1. The summed E-state index contributed by atoms with van der Waals surface area (Å²) in [6.07, 6.45) is 0.794. The average molecular weight is 562 g/mol. The molecule has 1 aliphatic heterocycles. The SMILES string of the molecule is CC1(C)OC[C@@H](NC(=O)OCc2ccccc2)[C@H](CCCO[Si](c2ccccc2)(c2ccccc2)C(C)(C)C)O1. The lowest BCUT2D eigenvalue weighted by Gasteiger charge is -2.43. The van der Waals surface area contributed by atoms with Gasteiger partial charge in [0, 0.05) is 6.61 Å².